The van der Waals surface area contributed by atoms with Gasteiger partial charge >= 0.3 is 12.1 Å². The third kappa shape index (κ3) is 5.95. The van der Waals surface area contributed by atoms with Crippen LogP contribution in [0.25, 0.3) is 0 Å². The number of methoxy groups -OCH3 is 1. The Bertz CT molecular complexity index is 726. The predicted molar refractivity (Wildman–Crippen MR) is 109 cm³/mol. The Kier molecular flexibility index (Phi) is 7.27. The minimum Gasteiger partial charge on any atom is -0.469 e. The van der Waals surface area contributed by atoms with Gasteiger partial charge in [0, 0.05) is 19.0 Å². The summed E-state index contributed by atoms with van der Waals surface area (Å²) in [6.07, 6.45) is -0.632. The number of benzene rings is 1. The van der Waals surface area contributed by atoms with Crippen molar-refractivity contribution in [3.63, 3.8) is 0 Å². The predicted octanol–water partition coefficient (Wildman–Crippen LogP) is 2.95. The number of carbonyl (C=O) groups excluding carboxylic acids is 3. The maximum atomic E-state index is 13.2. The third-order valence-electron chi connectivity index (χ3n) is 4.97. The second-order valence-electron chi connectivity index (χ2n) is 8.76. The summed E-state index contributed by atoms with van der Waals surface area (Å²) in [4.78, 5) is 39.4. The van der Waals surface area contributed by atoms with Crippen LogP contribution in [0.3, 0.4) is 0 Å². The summed E-state index contributed by atoms with van der Waals surface area (Å²) in [6.45, 7) is 9.68. The molecule has 0 radical (unpaired) electrons. The number of amides is 2. The zero-order valence-corrected chi connectivity index (χ0v) is 18.1. The van der Waals surface area contributed by atoms with Crippen molar-refractivity contribution >= 4 is 18.0 Å². The molecule has 2 rings (SSSR count). The van der Waals surface area contributed by atoms with Gasteiger partial charge in [-0.25, -0.2) is 4.79 Å². The van der Waals surface area contributed by atoms with E-state index in [9.17, 15) is 14.4 Å². The molecule has 1 N–H and O–H groups in total. The van der Waals surface area contributed by atoms with Crippen LogP contribution in [0.2, 0.25) is 0 Å². The molecule has 0 bridgehead atoms. The first-order valence-corrected chi connectivity index (χ1v) is 9.94. The van der Waals surface area contributed by atoms with Gasteiger partial charge in [-0.2, -0.15) is 0 Å². The van der Waals surface area contributed by atoms with Gasteiger partial charge in [0.25, 0.3) is 0 Å². The molecule has 1 aliphatic heterocycles. The van der Waals surface area contributed by atoms with Gasteiger partial charge in [-0.1, -0.05) is 44.2 Å². The van der Waals surface area contributed by atoms with E-state index in [2.05, 4.69) is 5.32 Å². The molecule has 1 aromatic carbocycles. The number of esters is 1. The molecule has 1 saturated heterocycles. The normalized spacial score (nSPS) is 20.3. The number of carbonyl (C=O) groups is 3. The standard InChI is InChI=1S/C22H32N2O5/c1-14(2)18(23-21(27)29-22(3,4)5)19(25)24-12-16(15-10-8-7-9-11-15)17(13-24)20(26)28-6/h7-11,14,16-18H,12-13H2,1-6H3,(H,23,27)/t16-,17+,18+/m1/s1. The first kappa shape index (κ1) is 22.7. The van der Waals surface area contributed by atoms with E-state index in [0.29, 0.717) is 6.54 Å². The highest BCUT2D eigenvalue weighted by Crippen LogP contribution is 2.34. The Morgan fingerprint density at radius 1 is 1.10 bits per heavy atom. The number of hydrogen-bond donors (Lipinski definition) is 1. The van der Waals surface area contributed by atoms with E-state index in [1.807, 2.05) is 44.2 Å². The van der Waals surface area contributed by atoms with Crippen molar-refractivity contribution in [1.82, 2.24) is 10.2 Å². The number of rotatable bonds is 5. The van der Waals surface area contributed by atoms with Gasteiger partial charge < -0.3 is 19.7 Å². The molecule has 1 aromatic rings. The summed E-state index contributed by atoms with van der Waals surface area (Å²) < 4.78 is 10.3. The number of likely N-dealkylation sites (tertiary alicyclic amines) is 1. The highest BCUT2D eigenvalue weighted by Gasteiger charge is 2.43. The van der Waals surface area contributed by atoms with Crippen LogP contribution in [-0.2, 0) is 19.1 Å². The van der Waals surface area contributed by atoms with Gasteiger partial charge in [-0.15, -0.1) is 0 Å². The fraction of sp³-hybridized carbons (Fsp3) is 0.591. The quantitative estimate of drug-likeness (QED) is 0.763. The molecule has 7 heteroatoms. The van der Waals surface area contributed by atoms with Gasteiger partial charge in [0.15, 0.2) is 0 Å². The van der Waals surface area contributed by atoms with Crippen LogP contribution >= 0.6 is 0 Å². The molecule has 160 valence electrons. The lowest BCUT2D eigenvalue weighted by Crippen LogP contribution is -2.51. The van der Waals surface area contributed by atoms with E-state index in [-0.39, 0.29) is 30.3 Å². The van der Waals surface area contributed by atoms with Crippen molar-refractivity contribution in [3.05, 3.63) is 35.9 Å². The van der Waals surface area contributed by atoms with Crippen LogP contribution < -0.4 is 5.32 Å². The van der Waals surface area contributed by atoms with Crippen LogP contribution in [0.5, 0.6) is 0 Å². The molecular formula is C22H32N2O5. The largest absolute Gasteiger partial charge is 0.469 e. The van der Waals surface area contributed by atoms with Crippen LogP contribution in [0.4, 0.5) is 4.79 Å². The lowest BCUT2D eigenvalue weighted by Gasteiger charge is -2.28. The molecule has 3 atom stereocenters. The van der Waals surface area contributed by atoms with Crippen LogP contribution in [0, 0.1) is 11.8 Å². The van der Waals surface area contributed by atoms with Crippen molar-refractivity contribution in [1.29, 1.82) is 0 Å². The summed E-state index contributed by atoms with van der Waals surface area (Å²) in [5.41, 5.74) is 0.329. The Labute approximate surface area is 172 Å². The maximum absolute atomic E-state index is 13.2. The van der Waals surface area contributed by atoms with E-state index in [0.717, 1.165) is 5.56 Å². The fourth-order valence-corrected chi connectivity index (χ4v) is 3.56. The first-order chi connectivity index (χ1) is 13.5. The third-order valence-corrected chi connectivity index (χ3v) is 4.97. The molecule has 1 aliphatic rings. The Morgan fingerprint density at radius 2 is 1.72 bits per heavy atom. The highest BCUT2D eigenvalue weighted by atomic mass is 16.6. The monoisotopic (exact) mass is 404 g/mol. The summed E-state index contributed by atoms with van der Waals surface area (Å²) >= 11 is 0. The van der Waals surface area contributed by atoms with E-state index < -0.39 is 23.7 Å². The van der Waals surface area contributed by atoms with Crippen molar-refractivity contribution in [3.8, 4) is 0 Å². The molecule has 7 nitrogen and oxygen atoms in total. The first-order valence-electron chi connectivity index (χ1n) is 9.94. The van der Waals surface area contributed by atoms with Gasteiger partial charge in [0.1, 0.15) is 11.6 Å². The van der Waals surface area contributed by atoms with E-state index in [4.69, 9.17) is 9.47 Å². The lowest BCUT2D eigenvalue weighted by molar-refractivity contribution is -0.145. The maximum Gasteiger partial charge on any atom is 0.408 e. The fourth-order valence-electron chi connectivity index (χ4n) is 3.56. The van der Waals surface area contributed by atoms with Crippen molar-refractivity contribution in [2.45, 2.75) is 52.2 Å². The minimum absolute atomic E-state index is 0.137. The Morgan fingerprint density at radius 3 is 2.24 bits per heavy atom. The molecule has 0 aromatic heterocycles. The Balaban J connectivity index is 2.19. The number of ether oxygens (including phenoxy) is 2. The SMILES string of the molecule is COC(=O)[C@H]1CN(C(=O)[C@@H](NC(=O)OC(C)(C)C)C(C)C)C[C@@H]1c1ccccc1. The van der Waals surface area contributed by atoms with E-state index in [1.54, 1.807) is 25.7 Å². The zero-order chi connectivity index (χ0) is 21.8. The smallest absolute Gasteiger partial charge is 0.408 e. The van der Waals surface area contributed by atoms with Gasteiger partial charge in [0.2, 0.25) is 5.91 Å². The molecule has 2 amide bonds. The Hall–Kier alpha value is -2.57. The van der Waals surface area contributed by atoms with Crippen molar-refractivity contribution < 1.29 is 23.9 Å². The second-order valence-corrected chi connectivity index (χ2v) is 8.76. The summed E-state index contributed by atoms with van der Waals surface area (Å²) in [6, 6.07) is 8.90. The topological polar surface area (TPSA) is 84.9 Å². The molecule has 1 fully saturated rings. The zero-order valence-electron chi connectivity index (χ0n) is 18.1. The molecule has 0 unspecified atom stereocenters. The molecule has 0 saturated carbocycles. The number of nitrogens with zero attached hydrogens (tertiary/aromatic N) is 1. The van der Waals surface area contributed by atoms with Crippen LogP contribution in [0.1, 0.15) is 46.1 Å². The van der Waals surface area contributed by atoms with Gasteiger partial charge in [-0.05, 0) is 32.3 Å². The molecule has 0 aliphatic carbocycles. The summed E-state index contributed by atoms with van der Waals surface area (Å²) in [5, 5.41) is 2.69. The van der Waals surface area contributed by atoms with Crippen molar-refractivity contribution in [2.75, 3.05) is 20.2 Å². The number of nitrogens with one attached hydrogen (secondary N) is 1. The number of hydrogen-bond acceptors (Lipinski definition) is 5. The average Bonchev–Trinajstić information content (AvgIpc) is 3.09. The average molecular weight is 405 g/mol. The van der Waals surface area contributed by atoms with E-state index >= 15 is 0 Å². The second kappa shape index (κ2) is 9.29. The minimum atomic E-state index is -0.738. The molecule has 29 heavy (non-hydrogen) atoms. The molecule has 1 heterocycles. The molecule has 0 spiro atoms. The van der Waals surface area contributed by atoms with Gasteiger partial charge in [0.05, 0.1) is 13.0 Å². The number of alkyl carbamates (subject to hydrolysis) is 1. The van der Waals surface area contributed by atoms with Crippen molar-refractivity contribution in [2.24, 2.45) is 11.8 Å². The summed E-state index contributed by atoms with van der Waals surface area (Å²) in [5.74, 6) is -1.29. The van der Waals surface area contributed by atoms with E-state index in [1.165, 1.54) is 7.11 Å². The lowest BCUT2D eigenvalue weighted by atomic mass is 9.89. The van der Waals surface area contributed by atoms with Crippen LogP contribution in [-0.4, -0.2) is 54.7 Å². The van der Waals surface area contributed by atoms with Crippen LogP contribution in [0.15, 0.2) is 30.3 Å². The van der Waals surface area contributed by atoms with Gasteiger partial charge in [-0.3, -0.25) is 9.59 Å². The summed E-state index contributed by atoms with van der Waals surface area (Å²) in [7, 11) is 1.36. The molecular weight excluding hydrogens is 372 g/mol. The highest BCUT2D eigenvalue weighted by molar-refractivity contribution is 5.87.